The number of hydrogen-bond donors (Lipinski definition) is 0. The zero-order chi connectivity index (χ0) is 19.9. The van der Waals surface area contributed by atoms with E-state index in [0.29, 0.717) is 23.1 Å². The topological polar surface area (TPSA) is 0 Å². The maximum Gasteiger partial charge on any atom is 0.416 e. The van der Waals surface area contributed by atoms with E-state index in [1.54, 1.807) is 6.07 Å². The van der Waals surface area contributed by atoms with Crippen molar-refractivity contribution in [2.75, 3.05) is 0 Å². The molecule has 0 fully saturated rings. The summed E-state index contributed by atoms with van der Waals surface area (Å²) in [5.41, 5.74) is 4.99. The van der Waals surface area contributed by atoms with Gasteiger partial charge >= 0.3 is 6.18 Å². The predicted molar refractivity (Wildman–Crippen MR) is 104 cm³/mol. The summed E-state index contributed by atoms with van der Waals surface area (Å²) >= 11 is 0. The third-order valence-electron chi connectivity index (χ3n) is 5.41. The number of alkyl halides is 3. The molecule has 144 valence electrons. The second-order valence-electron chi connectivity index (χ2n) is 7.30. The number of rotatable bonds is 4. The molecule has 0 nitrogen and oxygen atoms in total. The number of benzene rings is 3. The first-order valence-electron chi connectivity index (χ1n) is 9.49. The van der Waals surface area contributed by atoms with Crippen molar-refractivity contribution < 1.29 is 17.6 Å². The predicted octanol–water partition coefficient (Wildman–Crippen LogP) is 7.43. The van der Waals surface area contributed by atoms with E-state index >= 15 is 4.39 Å². The van der Waals surface area contributed by atoms with Gasteiger partial charge in [-0.3, -0.25) is 0 Å². The first-order chi connectivity index (χ1) is 13.4. The lowest BCUT2D eigenvalue weighted by Crippen LogP contribution is -2.04. The van der Waals surface area contributed by atoms with Gasteiger partial charge in [0.25, 0.3) is 0 Å². The average Bonchev–Trinajstić information content (AvgIpc) is 3.05. The van der Waals surface area contributed by atoms with Gasteiger partial charge in [0.1, 0.15) is 5.82 Å². The molecule has 3 aromatic rings. The zero-order valence-corrected chi connectivity index (χ0v) is 15.5. The van der Waals surface area contributed by atoms with Crippen LogP contribution in [-0.2, 0) is 19.0 Å². The van der Waals surface area contributed by atoms with E-state index in [2.05, 4.69) is 25.1 Å². The van der Waals surface area contributed by atoms with Crippen LogP contribution in [0.3, 0.4) is 0 Å². The zero-order valence-electron chi connectivity index (χ0n) is 15.5. The maximum atomic E-state index is 15.2. The van der Waals surface area contributed by atoms with Crippen molar-refractivity contribution in [1.82, 2.24) is 0 Å². The minimum absolute atomic E-state index is 0.339. The van der Waals surface area contributed by atoms with Crippen LogP contribution in [0.25, 0.3) is 22.3 Å². The summed E-state index contributed by atoms with van der Waals surface area (Å²) in [6, 6.07) is 14.5. The highest BCUT2D eigenvalue weighted by Gasteiger charge is 2.30. The minimum atomic E-state index is -4.40. The molecule has 1 aliphatic carbocycles. The van der Waals surface area contributed by atoms with Gasteiger partial charge in [-0.05, 0) is 52.8 Å². The van der Waals surface area contributed by atoms with Crippen molar-refractivity contribution in [3.8, 4) is 22.3 Å². The van der Waals surface area contributed by atoms with Crippen LogP contribution in [0.15, 0.2) is 54.6 Å². The summed E-state index contributed by atoms with van der Waals surface area (Å²) in [6.07, 6.45) is -0.614. The first-order valence-corrected chi connectivity index (χ1v) is 9.49. The van der Waals surface area contributed by atoms with Crippen LogP contribution < -0.4 is 0 Å². The Bertz CT molecular complexity index is 1010. The van der Waals surface area contributed by atoms with Crippen LogP contribution in [0.1, 0.15) is 42.0 Å². The van der Waals surface area contributed by atoms with Crippen molar-refractivity contribution in [2.45, 2.75) is 38.8 Å². The van der Waals surface area contributed by atoms with Gasteiger partial charge in [-0.15, -0.1) is 0 Å². The highest BCUT2D eigenvalue weighted by Crippen LogP contribution is 2.41. The molecular weight excluding hydrogens is 364 g/mol. The van der Waals surface area contributed by atoms with Gasteiger partial charge in [-0.25, -0.2) is 4.39 Å². The SMILES string of the molecule is CCCCc1ccc2c(c1)Cc1c-2ccc(-c2ccc(C(F)(F)F)cc2)c1F. The lowest BCUT2D eigenvalue weighted by molar-refractivity contribution is -0.137. The lowest BCUT2D eigenvalue weighted by Gasteiger charge is -2.11. The van der Waals surface area contributed by atoms with Crippen molar-refractivity contribution in [1.29, 1.82) is 0 Å². The molecule has 1 aliphatic rings. The number of aryl methyl sites for hydroxylation is 1. The second kappa shape index (κ2) is 7.08. The third kappa shape index (κ3) is 3.32. The molecule has 0 saturated heterocycles. The number of halogens is 4. The highest BCUT2D eigenvalue weighted by molar-refractivity contribution is 5.81. The minimum Gasteiger partial charge on any atom is -0.206 e. The van der Waals surface area contributed by atoms with Crippen LogP contribution in [0.4, 0.5) is 17.6 Å². The van der Waals surface area contributed by atoms with Crippen LogP contribution in [-0.4, -0.2) is 0 Å². The van der Waals surface area contributed by atoms with Crippen molar-refractivity contribution >= 4 is 0 Å². The molecule has 3 aromatic carbocycles. The van der Waals surface area contributed by atoms with Crippen LogP contribution in [0.2, 0.25) is 0 Å². The van der Waals surface area contributed by atoms with E-state index in [9.17, 15) is 13.2 Å². The molecule has 0 spiro atoms. The summed E-state index contributed by atoms with van der Waals surface area (Å²) < 4.78 is 53.5. The summed E-state index contributed by atoms with van der Waals surface area (Å²) in [7, 11) is 0. The molecule has 4 heteroatoms. The summed E-state index contributed by atoms with van der Waals surface area (Å²) in [6.45, 7) is 2.15. The molecule has 0 heterocycles. The van der Waals surface area contributed by atoms with Crippen LogP contribution >= 0.6 is 0 Å². The molecule has 0 bridgehead atoms. The molecule has 0 amide bonds. The van der Waals surface area contributed by atoms with Gasteiger partial charge in [0.2, 0.25) is 0 Å². The highest BCUT2D eigenvalue weighted by atomic mass is 19.4. The van der Waals surface area contributed by atoms with E-state index in [-0.39, 0.29) is 5.82 Å². The number of hydrogen-bond acceptors (Lipinski definition) is 0. The normalized spacial score (nSPS) is 12.8. The fourth-order valence-corrected chi connectivity index (χ4v) is 3.89. The second-order valence-corrected chi connectivity index (χ2v) is 7.30. The summed E-state index contributed by atoms with van der Waals surface area (Å²) in [5.74, 6) is -0.344. The Labute approximate surface area is 161 Å². The van der Waals surface area contributed by atoms with Gasteiger partial charge in [0.05, 0.1) is 5.56 Å². The van der Waals surface area contributed by atoms with Gasteiger partial charge in [-0.1, -0.05) is 55.8 Å². The lowest BCUT2D eigenvalue weighted by atomic mass is 9.97. The van der Waals surface area contributed by atoms with Crippen molar-refractivity contribution in [3.63, 3.8) is 0 Å². The van der Waals surface area contributed by atoms with Gasteiger partial charge < -0.3 is 0 Å². The maximum absolute atomic E-state index is 15.2. The summed E-state index contributed by atoms with van der Waals surface area (Å²) in [5, 5.41) is 0. The Morgan fingerprint density at radius 1 is 0.857 bits per heavy atom. The molecule has 0 aromatic heterocycles. The number of fused-ring (bicyclic) bond motifs is 3. The molecule has 0 radical (unpaired) electrons. The largest absolute Gasteiger partial charge is 0.416 e. The Kier molecular flexibility index (Phi) is 4.74. The Morgan fingerprint density at radius 2 is 1.54 bits per heavy atom. The van der Waals surface area contributed by atoms with E-state index in [0.717, 1.165) is 48.1 Å². The van der Waals surface area contributed by atoms with Gasteiger partial charge in [0.15, 0.2) is 0 Å². The van der Waals surface area contributed by atoms with E-state index in [4.69, 9.17) is 0 Å². The molecule has 0 aliphatic heterocycles. The quantitative estimate of drug-likeness (QED) is 0.321. The number of unbranched alkanes of at least 4 members (excludes halogenated alkanes) is 1. The first kappa shape index (κ1) is 18.7. The van der Waals surface area contributed by atoms with Gasteiger partial charge in [-0.2, -0.15) is 13.2 Å². The molecule has 4 rings (SSSR count). The third-order valence-corrected chi connectivity index (χ3v) is 5.41. The van der Waals surface area contributed by atoms with Crippen molar-refractivity contribution in [3.05, 3.63) is 82.7 Å². The fraction of sp³-hybridized carbons (Fsp3) is 0.250. The Morgan fingerprint density at radius 3 is 2.21 bits per heavy atom. The molecule has 0 atom stereocenters. The Balaban J connectivity index is 1.68. The Hall–Kier alpha value is -2.62. The molecule has 0 N–H and O–H groups in total. The average molecular weight is 384 g/mol. The van der Waals surface area contributed by atoms with E-state index < -0.39 is 11.7 Å². The molecule has 0 saturated carbocycles. The monoisotopic (exact) mass is 384 g/mol. The van der Waals surface area contributed by atoms with Crippen molar-refractivity contribution in [2.24, 2.45) is 0 Å². The van der Waals surface area contributed by atoms with Crippen LogP contribution in [0.5, 0.6) is 0 Å². The van der Waals surface area contributed by atoms with E-state index in [1.165, 1.54) is 17.7 Å². The molecule has 28 heavy (non-hydrogen) atoms. The summed E-state index contributed by atoms with van der Waals surface area (Å²) in [4.78, 5) is 0. The smallest absolute Gasteiger partial charge is 0.206 e. The standard InChI is InChI=1S/C24H20F4/c1-2-3-4-15-5-10-19-17(13-15)14-22-21(19)12-11-20(23(22)25)16-6-8-18(9-7-16)24(26,27)28/h5-13H,2-4,14H2,1H3. The van der Waals surface area contributed by atoms with Crippen LogP contribution in [0, 0.1) is 5.82 Å². The van der Waals surface area contributed by atoms with E-state index in [1.807, 2.05) is 6.07 Å². The van der Waals surface area contributed by atoms with Gasteiger partial charge in [0, 0.05) is 17.5 Å². The fourth-order valence-electron chi connectivity index (χ4n) is 3.89. The molecular formula is C24H20F4. The molecule has 0 unspecified atom stereocenters.